The minimum absolute atomic E-state index is 0. The first kappa shape index (κ1) is 86.0. The van der Waals surface area contributed by atoms with E-state index in [0.29, 0.717) is 17.8 Å². The molecule has 0 bridgehead atoms. The number of pyridine rings is 4. The molecule has 4 aromatic carbocycles. The normalized spacial score (nSPS) is 11.6. The standard InChI is InChI=1S/2C21H30NSi.C20H28NSi.C17H22NSi.4Ir/c1-15-9-10-18(16(2)11-15)19-12-17(13-21(3,4)5)20(14-22-19)23(6,7)8;1-14(2)17-9-10-18(16(5)11-17)20-12-19(15(3)4)21(13-22-20)23(6,7)8;1-14(2)10-17-12-19(21-13-20(17)22(5,6)7)18-9-8-15(3)11-16(18)4;1-12-7-8-15(13(2)9-12)16-10-14(3)17(11-18-16)19(4,5)6;;;;/h9,11-12,14H,13H2,1-8H3;9,11-15H,1-8H3;8,11-14H,10H2,1-7H3;7,9-11H,1-6H3;;;;/q4*-1;;;;. The van der Waals surface area contributed by atoms with Crippen molar-refractivity contribution < 1.29 is 80.4 Å². The molecule has 0 saturated carbocycles. The molecule has 0 aliphatic carbocycles. The van der Waals surface area contributed by atoms with Crippen molar-refractivity contribution in [2.24, 2.45) is 11.3 Å². The summed E-state index contributed by atoms with van der Waals surface area (Å²) in [5.41, 5.74) is 24.9. The zero-order valence-corrected chi connectivity index (χ0v) is 74.6. The van der Waals surface area contributed by atoms with E-state index in [1.54, 1.807) is 0 Å². The summed E-state index contributed by atoms with van der Waals surface area (Å²) >= 11 is 0. The van der Waals surface area contributed by atoms with Gasteiger partial charge in [-0.1, -0.05) is 242 Å². The molecule has 0 atom stereocenters. The number of benzene rings is 4. The third-order valence-corrected chi connectivity index (χ3v) is 24.2. The fraction of sp³-hybridized carbons (Fsp3) is 0.443. The topological polar surface area (TPSA) is 51.6 Å². The van der Waals surface area contributed by atoms with E-state index in [2.05, 4.69) is 317 Å². The van der Waals surface area contributed by atoms with Crippen molar-refractivity contribution >= 4 is 53.0 Å². The van der Waals surface area contributed by atoms with Gasteiger partial charge in [0.05, 0.1) is 32.3 Å². The molecule has 0 spiro atoms. The molecule has 0 amide bonds. The van der Waals surface area contributed by atoms with Crippen LogP contribution in [0, 0.1) is 91.0 Å². The van der Waals surface area contributed by atoms with Crippen LogP contribution in [0.5, 0.6) is 0 Å². The molecular formula is C79H110Ir4N4Si4-4. The molecule has 8 aromatic rings. The van der Waals surface area contributed by atoms with Gasteiger partial charge < -0.3 is 19.9 Å². The van der Waals surface area contributed by atoms with Crippen LogP contribution in [0.1, 0.15) is 141 Å². The van der Waals surface area contributed by atoms with Gasteiger partial charge in [0.2, 0.25) is 0 Å². The van der Waals surface area contributed by atoms with Crippen LogP contribution in [0.25, 0.3) is 45.0 Å². The second-order valence-corrected chi connectivity index (χ2v) is 51.5. The Balaban J connectivity index is 0.000000599. The van der Waals surface area contributed by atoms with E-state index in [0.717, 1.165) is 57.9 Å². The van der Waals surface area contributed by atoms with Crippen molar-refractivity contribution in [3.8, 4) is 45.0 Å². The van der Waals surface area contributed by atoms with Crippen molar-refractivity contribution in [3.63, 3.8) is 0 Å². The largest absolute Gasteiger partial charge is 0.305 e. The van der Waals surface area contributed by atoms with Gasteiger partial charge in [0.25, 0.3) is 0 Å². The van der Waals surface area contributed by atoms with Crippen LogP contribution in [0.15, 0.2) is 97.6 Å². The van der Waals surface area contributed by atoms with Gasteiger partial charge in [-0.3, -0.25) is 0 Å². The second-order valence-electron chi connectivity index (χ2n) is 31.3. The quantitative estimate of drug-likeness (QED) is 0.0853. The minimum Gasteiger partial charge on any atom is -0.305 e. The van der Waals surface area contributed by atoms with Gasteiger partial charge >= 0.3 is 0 Å². The molecule has 8 rings (SSSR count). The Morgan fingerprint density at radius 3 is 1.00 bits per heavy atom. The Kier molecular flexibility index (Phi) is 33.8. The number of aryl methyl sites for hydroxylation is 8. The first-order chi connectivity index (χ1) is 40.0. The van der Waals surface area contributed by atoms with Crippen molar-refractivity contribution in [1.82, 2.24) is 19.9 Å². The van der Waals surface area contributed by atoms with E-state index in [-0.39, 0.29) is 85.8 Å². The van der Waals surface area contributed by atoms with E-state index < -0.39 is 32.3 Å². The molecule has 4 radical (unpaired) electrons. The minimum atomic E-state index is -1.40. The Labute approximate surface area is 613 Å². The fourth-order valence-electron chi connectivity index (χ4n) is 11.5. The zero-order chi connectivity index (χ0) is 65.5. The molecule has 502 valence electrons. The summed E-state index contributed by atoms with van der Waals surface area (Å²) in [5, 5.41) is 5.91. The van der Waals surface area contributed by atoms with E-state index in [4.69, 9.17) is 15.0 Å². The molecule has 12 heteroatoms. The van der Waals surface area contributed by atoms with E-state index in [1.165, 1.54) is 87.5 Å². The second kappa shape index (κ2) is 35.8. The summed E-state index contributed by atoms with van der Waals surface area (Å²) in [5.74, 6) is 1.72. The summed E-state index contributed by atoms with van der Waals surface area (Å²) < 4.78 is 0. The Bertz CT molecular complexity index is 3650. The van der Waals surface area contributed by atoms with Gasteiger partial charge in [0, 0.05) is 105 Å². The average molecular weight is 2000 g/mol. The fourth-order valence-corrected chi connectivity index (χ4v) is 18.0. The van der Waals surface area contributed by atoms with Crippen LogP contribution in [0.3, 0.4) is 0 Å². The first-order valence-electron chi connectivity index (χ1n) is 32.0. The van der Waals surface area contributed by atoms with E-state index in [9.17, 15) is 0 Å². The van der Waals surface area contributed by atoms with Crippen LogP contribution < -0.4 is 20.7 Å². The third-order valence-electron chi connectivity index (χ3n) is 15.9. The third kappa shape index (κ3) is 25.1. The summed E-state index contributed by atoms with van der Waals surface area (Å²) in [4.78, 5) is 19.0. The molecule has 0 saturated heterocycles. The summed E-state index contributed by atoms with van der Waals surface area (Å²) in [6.45, 7) is 66.3. The average Bonchev–Trinajstić information content (AvgIpc) is 1.25. The number of aromatic nitrogens is 4. The Morgan fingerprint density at radius 2 is 0.681 bits per heavy atom. The zero-order valence-electron chi connectivity index (χ0n) is 61.0. The predicted octanol–water partition coefficient (Wildman–Crippen LogP) is 19.9. The molecule has 4 heterocycles. The summed E-state index contributed by atoms with van der Waals surface area (Å²) in [7, 11) is -5.43. The molecule has 0 unspecified atom stereocenters. The molecule has 0 N–H and O–H groups in total. The van der Waals surface area contributed by atoms with Crippen LogP contribution in [0.2, 0.25) is 78.6 Å². The van der Waals surface area contributed by atoms with Crippen LogP contribution in [-0.2, 0) is 93.3 Å². The van der Waals surface area contributed by atoms with Crippen molar-refractivity contribution in [1.29, 1.82) is 0 Å². The number of rotatable bonds is 13. The molecule has 0 aliphatic heterocycles. The monoisotopic (exact) mass is 2000 g/mol. The maximum Gasteiger partial charge on any atom is 0.0799 e. The maximum atomic E-state index is 4.80. The molecular weight excluding hydrogens is 1890 g/mol. The van der Waals surface area contributed by atoms with Crippen molar-refractivity contribution in [3.05, 3.63) is 189 Å². The van der Waals surface area contributed by atoms with Gasteiger partial charge in [-0.15, -0.1) is 140 Å². The smallest absolute Gasteiger partial charge is 0.0799 e. The van der Waals surface area contributed by atoms with Gasteiger partial charge in [0.15, 0.2) is 0 Å². The maximum absolute atomic E-state index is 4.80. The van der Waals surface area contributed by atoms with Crippen molar-refractivity contribution in [2.45, 2.75) is 221 Å². The summed E-state index contributed by atoms with van der Waals surface area (Å²) in [6.07, 6.45) is 10.7. The van der Waals surface area contributed by atoms with Gasteiger partial charge in [-0.2, -0.15) is 0 Å². The molecule has 4 aromatic heterocycles. The number of nitrogens with zero attached hydrogens (tertiary/aromatic N) is 4. The SMILES string of the molecule is Cc1c[c-]c(-c2cc(C)c([Si](C)(C)C)cn2)c(C)c1.Cc1c[c-]c(-c2cc(CC(C)(C)C)c([Si](C)(C)C)cn2)c(C)c1.Cc1c[c-]c(-c2cc(CC(C)C)c([Si](C)(C)C)cn2)c(C)c1.Cc1cc(C(C)C)c[c-]c1-c1cc(C(C)C)c([Si](C)(C)C)cn1.[Ir].[Ir].[Ir].[Ir]. The Hall–Kier alpha value is -3.06. The van der Waals surface area contributed by atoms with Crippen LogP contribution >= 0.6 is 0 Å². The van der Waals surface area contributed by atoms with E-state index >= 15 is 0 Å². The number of hydrogen-bond acceptors (Lipinski definition) is 4. The Morgan fingerprint density at radius 1 is 0.363 bits per heavy atom. The number of hydrogen-bond donors (Lipinski definition) is 0. The van der Waals surface area contributed by atoms with Crippen molar-refractivity contribution in [2.75, 3.05) is 0 Å². The van der Waals surface area contributed by atoms with E-state index in [1.807, 2.05) is 6.07 Å². The predicted molar refractivity (Wildman–Crippen MR) is 394 cm³/mol. The van der Waals surface area contributed by atoms with Gasteiger partial charge in [0.1, 0.15) is 0 Å². The van der Waals surface area contributed by atoms with Gasteiger partial charge in [-0.05, 0) is 80.5 Å². The molecule has 4 nitrogen and oxygen atoms in total. The van der Waals surface area contributed by atoms with Crippen LogP contribution in [-0.4, -0.2) is 52.2 Å². The van der Waals surface area contributed by atoms with Gasteiger partial charge in [-0.25, -0.2) is 0 Å². The molecule has 0 aliphatic rings. The molecule has 91 heavy (non-hydrogen) atoms. The summed E-state index contributed by atoms with van der Waals surface area (Å²) in [6, 6.07) is 39.9. The van der Waals surface area contributed by atoms with Crippen LogP contribution in [0.4, 0.5) is 0 Å². The molecule has 0 fully saturated rings. The first-order valence-corrected chi connectivity index (χ1v) is 46.0.